The summed E-state index contributed by atoms with van der Waals surface area (Å²) in [5, 5.41) is 0. The number of hydrogen-bond acceptors (Lipinski definition) is 3. The Hall–Kier alpha value is -0.610. The second-order valence-electron chi connectivity index (χ2n) is 3.24. The van der Waals surface area contributed by atoms with Crippen molar-refractivity contribution in [2.75, 3.05) is 20.8 Å². The third-order valence-corrected chi connectivity index (χ3v) is 2.11. The highest BCUT2D eigenvalue weighted by Crippen LogP contribution is 2.25. The van der Waals surface area contributed by atoms with E-state index in [1.807, 2.05) is 0 Å². The number of methoxy groups -OCH3 is 1. The Balaban J connectivity index is 2.33. The van der Waals surface area contributed by atoms with Gasteiger partial charge >= 0.3 is 0 Å². The smallest absolute Gasteiger partial charge is 0.241 e. The van der Waals surface area contributed by atoms with Gasteiger partial charge in [0.15, 0.2) is 0 Å². The van der Waals surface area contributed by atoms with Gasteiger partial charge in [-0.15, -0.1) is 0 Å². The zero-order chi connectivity index (χ0) is 9.14. The first-order valence-corrected chi connectivity index (χ1v) is 4.18. The molecule has 0 bridgehead atoms. The molecule has 1 fully saturated rings. The lowest BCUT2D eigenvalue weighted by molar-refractivity contribution is -0.132. The average molecular weight is 172 g/mol. The molecule has 1 atom stereocenters. The summed E-state index contributed by atoms with van der Waals surface area (Å²) in [5.41, 5.74) is 5.58. The van der Waals surface area contributed by atoms with Gasteiger partial charge in [0.2, 0.25) is 5.91 Å². The van der Waals surface area contributed by atoms with E-state index >= 15 is 0 Å². The molecule has 0 aromatic carbocycles. The Labute approximate surface area is 72.7 Å². The SMILES string of the molecule is COCC(N)C(=O)N(C)C1CC1. The lowest BCUT2D eigenvalue weighted by atomic mass is 10.3. The zero-order valence-corrected chi connectivity index (χ0v) is 7.62. The minimum absolute atomic E-state index is 0.0145. The van der Waals surface area contributed by atoms with Crippen LogP contribution in [0.3, 0.4) is 0 Å². The van der Waals surface area contributed by atoms with Gasteiger partial charge in [-0.3, -0.25) is 4.79 Å². The molecule has 4 heteroatoms. The number of hydrogen-bond donors (Lipinski definition) is 1. The van der Waals surface area contributed by atoms with Crippen molar-refractivity contribution in [2.24, 2.45) is 5.73 Å². The van der Waals surface area contributed by atoms with Crippen molar-refractivity contribution in [3.63, 3.8) is 0 Å². The van der Waals surface area contributed by atoms with Gasteiger partial charge in [-0.25, -0.2) is 0 Å². The van der Waals surface area contributed by atoms with Gasteiger partial charge in [-0.1, -0.05) is 0 Å². The summed E-state index contributed by atoms with van der Waals surface area (Å²) in [7, 11) is 3.35. The number of amides is 1. The molecule has 1 aliphatic rings. The van der Waals surface area contributed by atoms with Crippen LogP contribution in [0.4, 0.5) is 0 Å². The Morgan fingerprint density at radius 1 is 1.75 bits per heavy atom. The molecule has 1 unspecified atom stereocenters. The van der Waals surface area contributed by atoms with Crippen molar-refractivity contribution in [2.45, 2.75) is 24.9 Å². The molecular weight excluding hydrogens is 156 g/mol. The molecule has 0 aliphatic heterocycles. The lowest BCUT2D eigenvalue weighted by Crippen LogP contribution is -2.45. The molecule has 4 nitrogen and oxygen atoms in total. The Bertz CT molecular complexity index is 168. The van der Waals surface area contributed by atoms with E-state index in [-0.39, 0.29) is 5.91 Å². The van der Waals surface area contributed by atoms with Gasteiger partial charge in [0, 0.05) is 20.2 Å². The van der Waals surface area contributed by atoms with E-state index in [4.69, 9.17) is 10.5 Å². The normalized spacial score (nSPS) is 18.9. The first-order chi connectivity index (χ1) is 5.66. The van der Waals surface area contributed by atoms with Gasteiger partial charge in [0.1, 0.15) is 6.04 Å². The molecule has 0 aromatic heterocycles. The number of nitrogens with two attached hydrogens (primary N) is 1. The maximum atomic E-state index is 11.4. The van der Waals surface area contributed by atoms with Crippen LogP contribution in [-0.2, 0) is 9.53 Å². The van der Waals surface area contributed by atoms with Gasteiger partial charge in [-0.2, -0.15) is 0 Å². The molecule has 1 amide bonds. The molecule has 0 radical (unpaired) electrons. The molecule has 1 aliphatic carbocycles. The van der Waals surface area contributed by atoms with Crippen molar-refractivity contribution in [1.29, 1.82) is 0 Å². The summed E-state index contributed by atoms with van der Waals surface area (Å²) in [6.07, 6.45) is 2.23. The summed E-state index contributed by atoms with van der Waals surface area (Å²) in [5.74, 6) is -0.0145. The standard InChI is InChI=1S/C8H16N2O2/c1-10(6-3-4-6)8(11)7(9)5-12-2/h6-7H,3-5,9H2,1-2H3. The van der Waals surface area contributed by atoms with Crippen LogP contribution in [0.15, 0.2) is 0 Å². The van der Waals surface area contributed by atoms with Gasteiger partial charge in [-0.05, 0) is 12.8 Å². The molecule has 12 heavy (non-hydrogen) atoms. The summed E-state index contributed by atoms with van der Waals surface area (Å²) >= 11 is 0. The van der Waals surface area contributed by atoms with Crippen molar-refractivity contribution in [3.05, 3.63) is 0 Å². The highest BCUT2D eigenvalue weighted by molar-refractivity contribution is 5.82. The lowest BCUT2D eigenvalue weighted by Gasteiger charge is -2.20. The quantitative estimate of drug-likeness (QED) is 0.626. The van der Waals surface area contributed by atoms with Crippen LogP contribution < -0.4 is 5.73 Å². The van der Waals surface area contributed by atoms with E-state index in [2.05, 4.69) is 0 Å². The minimum Gasteiger partial charge on any atom is -0.383 e. The molecule has 1 rings (SSSR count). The maximum Gasteiger partial charge on any atom is 0.241 e. The van der Waals surface area contributed by atoms with Crippen molar-refractivity contribution in [1.82, 2.24) is 4.90 Å². The molecule has 2 N–H and O–H groups in total. The second-order valence-corrected chi connectivity index (χ2v) is 3.24. The third kappa shape index (κ3) is 2.19. The van der Waals surface area contributed by atoms with Crippen LogP contribution in [0.2, 0.25) is 0 Å². The minimum atomic E-state index is -0.499. The van der Waals surface area contributed by atoms with Crippen molar-refractivity contribution < 1.29 is 9.53 Å². The molecule has 0 spiro atoms. The topological polar surface area (TPSA) is 55.6 Å². The van der Waals surface area contributed by atoms with Crippen LogP contribution in [0.1, 0.15) is 12.8 Å². The Morgan fingerprint density at radius 3 is 2.75 bits per heavy atom. The van der Waals surface area contributed by atoms with E-state index in [1.54, 1.807) is 19.1 Å². The van der Waals surface area contributed by atoms with Crippen LogP contribution in [0.25, 0.3) is 0 Å². The highest BCUT2D eigenvalue weighted by atomic mass is 16.5. The molecule has 0 saturated heterocycles. The number of ether oxygens (including phenoxy) is 1. The van der Waals surface area contributed by atoms with E-state index in [0.717, 1.165) is 12.8 Å². The first-order valence-electron chi connectivity index (χ1n) is 4.18. The number of carbonyl (C=O) groups is 1. The molecule has 70 valence electrons. The summed E-state index contributed by atoms with van der Waals surface area (Å²) < 4.78 is 4.80. The second kappa shape index (κ2) is 3.87. The molecule has 0 aromatic rings. The van der Waals surface area contributed by atoms with E-state index in [1.165, 1.54) is 0 Å². The van der Waals surface area contributed by atoms with E-state index in [0.29, 0.717) is 12.6 Å². The average Bonchev–Trinajstić information content (AvgIpc) is 2.84. The maximum absolute atomic E-state index is 11.4. The van der Waals surface area contributed by atoms with Crippen molar-refractivity contribution >= 4 is 5.91 Å². The van der Waals surface area contributed by atoms with Crippen LogP contribution in [0, 0.1) is 0 Å². The predicted octanol–water partition coefficient (Wildman–Crippen LogP) is -0.419. The number of likely N-dealkylation sites (N-methyl/N-ethyl adjacent to an activating group) is 1. The molecular formula is C8H16N2O2. The monoisotopic (exact) mass is 172 g/mol. The third-order valence-electron chi connectivity index (χ3n) is 2.11. The van der Waals surface area contributed by atoms with Crippen LogP contribution in [0.5, 0.6) is 0 Å². The van der Waals surface area contributed by atoms with Gasteiger partial charge < -0.3 is 15.4 Å². The first kappa shape index (κ1) is 9.48. The number of nitrogens with zero attached hydrogens (tertiary/aromatic N) is 1. The van der Waals surface area contributed by atoms with Crippen molar-refractivity contribution in [3.8, 4) is 0 Å². The summed E-state index contributed by atoms with van der Waals surface area (Å²) in [4.78, 5) is 13.2. The fourth-order valence-electron chi connectivity index (χ4n) is 1.15. The van der Waals surface area contributed by atoms with E-state index < -0.39 is 6.04 Å². The summed E-state index contributed by atoms with van der Waals surface area (Å²) in [6, 6.07) is -0.0685. The van der Waals surface area contributed by atoms with E-state index in [9.17, 15) is 4.79 Å². The highest BCUT2D eigenvalue weighted by Gasteiger charge is 2.31. The van der Waals surface area contributed by atoms with Gasteiger partial charge in [0.25, 0.3) is 0 Å². The molecule has 1 saturated carbocycles. The zero-order valence-electron chi connectivity index (χ0n) is 7.62. The number of rotatable bonds is 4. The molecule has 0 heterocycles. The Kier molecular flexibility index (Phi) is 3.05. The van der Waals surface area contributed by atoms with Crippen LogP contribution in [-0.4, -0.2) is 43.7 Å². The van der Waals surface area contributed by atoms with Gasteiger partial charge in [0.05, 0.1) is 6.61 Å². The fourth-order valence-corrected chi connectivity index (χ4v) is 1.15. The number of carbonyl (C=O) groups excluding carboxylic acids is 1. The Morgan fingerprint density at radius 2 is 2.33 bits per heavy atom. The fraction of sp³-hybridized carbons (Fsp3) is 0.875. The largest absolute Gasteiger partial charge is 0.383 e. The van der Waals surface area contributed by atoms with Crippen LogP contribution >= 0.6 is 0 Å². The predicted molar refractivity (Wildman–Crippen MR) is 45.6 cm³/mol. The summed E-state index contributed by atoms with van der Waals surface area (Å²) in [6.45, 7) is 0.301.